The Labute approximate surface area is 95.8 Å². The molecule has 0 N–H and O–H groups in total. The van der Waals surface area contributed by atoms with E-state index in [0.717, 1.165) is 0 Å². The maximum atomic E-state index is 12.3. The van der Waals surface area contributed by atoms with Crippen molar-refractivity contribution in [3.8, 4) is 0 Å². The van der Waals surface area contributed by atoms with E-state index in [4.69, 9.17) is 11.6 Å². The summed E-state index contributed by atoms with van der Waals surface area (Å²) in [6.07, 6.45) is -2.59. The smallest absolute Gasteiger partial charge is 0.248 e. The first kappa shape index (κ1) is 11.3. The molecule has 0 aliphatic heterocycles. The Kier molecular flexibility index (Phi) is 4.06. The number of hydrogen-bond donors (Lipinski definition) is 0. The van der Waals surface area contributed by atoms with E-state index in [9.17, 15) is 8.78 Å². The number of rotatable bonds is 2. The van der Waals surface area contributed by atoms with Crippen LogP contribution in [0.1, 0.15) is 17.8 Å². The van der Waals surface area contributed by atoms with Gasteiger partial charge in [-0.1, -0.05) is 0 Å². The van der Waals surface area contributed by atoms with E-state index in [1.54, 1.807) is 0 Å². The average molecular weight is 335 g/mol. The minimum Gasteiger partial charge on any atom is -0.248 e. The zero-order valence-corrected chi connectivity index (χ0v) is 10.1. The monoisotopic (exact) mass is 333 g/mol. The van der Waals surface area contributed by atoms with E-state index in [0.29, 0.717) is 10.2 Å². The highest BCUT2D eigenvalue weighted by atomic mass is 79.9. The van der Waals surface area contributed by atoms with Crippen LogP contribution in [0.2, 0.25) is 0 Å². The number of alkyl halides is 3. The van der Waals surface area contributed by atoms with E-state index in [-0.39, 0.29) is 16.0 Å². The van der Waals surface area contributed by atoms with Crippen LogP contribution in [0.25, 0.3) is 0 Å². The van der Waals surface area contributed by atoms with E-state index in [1.165, 1.54) is 6.07 Å². The fourth-order valence-electron chi connectivity index (χ4n) is 0.767. The molecule has 0 atom stereocenters. The number of pyridine rings is 1. The van der Waals surface area contributed by atoms with Crippen LogP contribution in [0.15, 0.2) is 15.0 Å². The molecule has 0 unspecified atom stereocenters. The maximum absolute atomic E-state index is 12.3. The SMILES string of the molecule is FC(F)c1nc(CCl)c(Br)cc1Br. The fourth-order valence-corrected chi connectivity index (χ4v) is 2.39. The summed E-state index contributed by atoms with van der Waals surface area (Å²) in [5, 5.41) is 0. The van der Waals surface area contributed by atoms with Crippen molar-refractivity contribution < 1.29 is 8.78 Å². The molecule has 0 spiro atoms. The summed E-state index contributed by atoms with van der Waals surface area (Å²) in [7, 11) is 0. The molecule has 0 aliphatic rings. The van der Waals surface area contributed by atoms with E-state index >= 15 is 0 Å². The summed E-state index contributed by atoms with van der Waals surface area (Å²) in [5.41, 5.74) is 0.138. The average Bonchev–Trinajstić information content (AvgIpc) is 2.03. The molecule has 1 heterocycles. The quantitative estimate of drug-likeness (QED) is 0.735. The highest BCUT2D eigenvalue weighted by Gasteiger charge is 2.15. The predicted molar refractivity (Wildman–Crippen MR) is 54.2 cm³/mol. The van der Waals surface area contributed by atoms with Gasteiger partial charge < -0.3 is 0 Å². The summed E-state index contributed by atoms with van der Waals surface area (Å²) in [6, 6.07) is 1.52. The topological polar surface area (TPSA) is 12.9 Å². The molecule has 0 amide bonds. The number of nitrogens with zero attached hydrogens (tertiary/aromatic N) is 1. The maximum Gasteiger partial charge on any atom is 0.281 e. The molecule has 0 fully saturated rings. The minimum absolute atomic E-state index is 0.105. The second kappa shape index (κ2) is 4.66. The van der Waals surface area contributed by atoms with Crippen molar-refractivity contribution >= 4 is 43.5 Å². The van der Waals surface area contributed by atoms with Gasteiger partial charge in [-0.25, -0.2) is 13.8 Å². The summed E-state index contributed by atoms with van der Waals surface area (Å²) < 4.78 is 25.6. The van der Waals surface area contributed by atoms with Crippen molar-refractivity contribution in [3.05, 3.63) is 26.4 Å². The Morgan fingerprint density at radius 3 is 2.46 bits per heavy atom. The third kappa shape index (κ3) is 2.60. The Bertz CT molecular complexity index is 320. The molecule has 0 saturated carbocycles. The lowest BCUT2D eigenvalue weighted by molar-refractivity contribution is 0.145. The Hall–Kier alpha value is 0.260. The van der Waals surface area contributed by atoms with Gasteiger partial charge in [-0.2, -0.15) is 0 Å². The molecule has 1 aromatic heterocycles. The van der Waals surface area contributed by atoms with Gasteiger partial charge in [0.2, 0.25) is 0 Å². The first-order valence-corrected chi connectivity index (χ1v) is 5.37. The molecule has 1 rings (SSSR count). The predicted octanol–water partition coefficient (Wildman–Crippen LogP) is 4.28. The van der Waals surface area contributed by atoms with Crippen LogP contribution in [-0.2, 0) is 5.88 Å². The number of halogens is 5. The van der Waals surface area contributed by atoms with Crippen molar-refractivity contribution in [2.45, 2.75) is 12.3 Å². The van der Waals surface area contributed by atoms with Gasteiger partial charge in [-0.05, 0) is 37.9 Å². The highest BCUT2D eigenvalue weighted by Crippen LogP contribution is 2.30. The molecule has 13 heavy (non-hydrogen) atoms. The van der Waals surface area contributed by atoms with Gasteiger partial charge in [0.15, 0.2) is 0 Å². The molecule has 6 heteroatoms. The van der Waals surface area contributed by atoms with E-state index in [2.05, 4.69) is 36.8 Å². The van der Waals surface area contributed by atoms with Crippen LogP contribution in [0.4, 0.5) is 8.78 Å². The molecule has 72 valence electrons. The van der Waals surface area contributed by atoms with Crippen LogP contribution in [0.3, 0.4) is 0 Å². The summed E-state index contributed by atoms with van der Waals surface area (Å²) in [4.78, 5) is 3.71. The molecule has 0 aromatic carbocycles. The van der Waals surface area contributed by atoms with Crippen LogP contribution < -0.4 is 0 Å². The lowest BCUT2D eigenvalue weighted by Crippen LogP contribution is -1.97. The van der Waals surface area contributed by atoms with Crippen molar-refractivity contribution in [1.29, 1.82) is 0 Å². The Morgan fingerprint density at radius 2 is 2.00 bits per heavy atom. The first-order valence-electron chi connectivity index (χ1n) is 3.25. The molecule has 1 aromatic rings. The van der Waals surface area contributed by atoms with Crippen LogP contribution in [-0.4, -0.2) is 4.98 Å². The van der Waals surface area contributed by atoms with Crippen LogP contribution >= 0.6 is 43.5 Å². The highest BCUT2D eigenvalue weighted by molar-refractivity contribution is 9.11. The van der Waals surface area contributed by atoms with E-state index < -0.39 is 6.43 Å². The zero-order valence-electron chi connectivity index (χ0n) is 6.20. The molecule has 0 saturated heterocycles. The molecule has 0 bridgehead atoms. The standard InChI is InChI=1S/C7H4Br2ClF2N/c8-3-1-4(9)6(7(11)12)13-5(3)2-10/h1,7H,2H2. The molecular weight excluding hydrogens is 331 g/mol. The van der Waals surface area contributed by atoms with Crippen LogP contribution in [0.5, 0.6) is 0 Å². The van der Waals surface area contributed by atoms with Gasteiger partial charge in [-0.15, -0.1) is 11.6 Å². The van der Waals surface area contributed by atoms with Crippen molar-refractivity contribution in [3.63, 3.8) is 0 Å². The molecule has 0 aliphatic carbocycles. The summed E-state index contributed by atoms with van der Waals surface area (Å²) in [6.45, 7) is 0. The zero-order chi connectivity index (χ0) is 10.0. The fraction of sp³-hybridized carbons (Fsp3) is 0.286. The molecular formula is C7H4Br2ClF2N. The largest absolute Gasteiger partial charge is 0.281 e. The van der Waals surface area contributed by atoms with Gasteiger partial charge in [0, 0.05) is 8.95 Å². The third-order valence-corrected chi connectivity index (χ3v) is 2.94. The Morgan fingerprint density at radius 1 is 1.38 bits per heavy atom. The number of hydrogen-bond acceptors (Lipinski definition) is 1. The van der Waals surface area contributed by atoms with Gasteiger partial charge in [0.25, 0.3) is 6.43 Å². The lowest BCUT2D eigenvalue weighted by Gasteiger charge is -2.06. The second-order valence-corrected chi connectivity index (χ2v) is 4.19. The van der Waals surface area contributed by atoms with Gasteiger partial charge in [0.05, 0.1) is 11.6 Å². The Balaban J connectivity index is 3.22. The first-order chi connectivity index (χ1) is 6.06. The summed E-state index contributed by atoms with van der Waals surface area (Å²) in [5.74, 6) is 0.105. The normalized spacial score (nSPS) is 10.9. The van der Waals surface area contributed by atoms with Gasteiger partial charge >= 0.3 is 0 Å². The molecule has 0 radical (unpaired) electrons. The second-order valence-electron chi connectivity index (χ2n) is 2.22. The number of aromatic nitrogens is 1. The van der Waals surface area contributed by atoms with Crippen molar-refractivity contribution in [2.75, 3.05) is 0 Å². The molecule has 1 nitrogen and oxygen atoms in total. The third-order valence-electron chi connectivity index (χ3n) is 1.36. The minimum atomic E-state index is -2.59. The lowest BCUT2D eigenvalue weighted by atomic mass is 10.3. The van der Waals surface area contributed by atoms with Gasteiger partial charge in [-0.3, -0.25) is 0 Å². The van der Waals surface area contributed by atoms with E-state index in [1.807, 2.05) is 0 Å². The summed E-state index contributed by atoms with van der Waals surface area (Å²) >= 11 is 11.7. The van der Waals surface area contributed by atoms with Crippen LogP contribution in [0, 0.1) is 0 Å². The van der Waals surface area contributed by atoms with Crippen molar-refractivity contribution in [1.82, 2.24) is 4.98 Å². The van der Waals surface area contributed by atoms with Crippen molar-refractivity contribution in [2.24, 2.45) is 0 Å². The van der Waals surface area contributed by atoms with Gasteiger partial charge in [0.1, 0.15) is 5.69 Å².